The third-order valence-corrected chi connectivity index (χ3v) is 5.08. The van der Waals surface area contributed by atoms with Gasteiger partial charge in [0, 0.05) is 48.5 Å². The van der Waals surface area contributed by atoms with Gasteiger partial charge < -0.3 is 19.9 Å². The smallest absolute Gasteiger partial charge is 0.409 e. The molecule has 3 amide bonds. The SMILES string of the molecule is CCOC(=O)N1CCN(C(=O)Nc2cccc(-c3nc(C)cs3)c2)CC1. The molecule has 1 aliphatic rings. The molecule has 3 rings (SSSR count). The normalized spacial score (nSPS) is 14.2. The van der Waals surface area contributed by atoms with Crippen LogP contribution in [0.4, 0.5) is 15.3 Å². The summed E-state index contributed by atoms with van der Waals surface area (Å²) in [5.41, 5.74) is 2.69. The average molecular weight is 374 g/mol. The highest BCUT2D eigenvalue weighted by atomic mass is 32.1. The van der Waals surface area contributed by atoms with Crippen LogP contribution in [0.3, 0.4) is 0 Å². The number of aromatic nitrogens is 1. The molecular weight excluding hydrogens is 352 g/mol. The van der Waals surface area contributed by atoms with E-state index in [0.29, 0.717) is 32.8 Å². The number of ether oxygens (including phenoxy) is 1. The molecule has 0 unspecified atom stereocenters. The molecule has 0 aliphatic carbocycles. The molecule has 26 heavy (non-hydrogen) atoms. The van der Waals surface area contributed by atoms with Gasteiger partial charge in [0.05, 0.1) is 6.61 Å². The first-order valence-electron chi connectivity index (χ1n) is 8.57. The minimum atomic E-state index is -0.320. The zero-order valence-corrected chi connectivity index (χ0v) is 15.7. The van der Waals surface area contributed by atoms with Gasteiger partial charge in [-0.25, -0.2) is 14.6 Å². The lowest BCUT2D eigenvalue weighted by Gasteiger charge is -2.34. The summed E-state index contributed by atoms with van der Waals surface area (Å²) in [6, 6.07) is 7.50. The fourth-order valence-corrected chi connectivity index (χ4v) is 3.52. The Labute approximate surface area is 156 Å². The van der Waals surface area contributed by atoms with Crippen molar-refractivity contribution >= 4 is 29.1 Å². The molecule has 1 fully saturated rings. The van der Waals surface area contributed by atoms with Crippen molar-refractivity contribution in [2.24, 2.45) is 0 Å². The largest absolute Gasteiger partial charge is 0.450 e. The van der Waals surface area contributed by atoms with Crippen LogP contribution in [0.25, 0.3) is 10.6 Å². The average Bonchev–Trinajstić information content (AvgIpc) is 3.09. The summed E-state index contributed by atoms with van der Waals surface area (Å²) in [4.78, 5) is 32.0. The first-order valence-corrected chi connectivity index (χ1v) is 9.45. The Morgan fingerprint density at radius 1 is 1.23 bits per heavy atom. The van der Waals surface area contributed by atoms with Gasteiger partial charge >= 0.3 is 12.1 Å². The predicted octanol–water partition coefficient (Wildman–Crippen LogP) is 3.42. The van der Waals surface area contributed by atoms with Gasteiger partial charge in [-0.1, -0.05) is 12.1 Å². The van der Waals surface area contributed by atoms with E-state index in [1.807, 2.05) is 36.6 Å². The zero-order chi connectivity index (χ0) is 18.5. The van der Waals surface area contributed by atoms with Gasteiger partial charge in [-0.05, 0) is 26.0 Å². The molecule has 1 aromatic carbocycles. The fourth-order valence-electron chi connectivity index (χ4n) is 2.73. The molecule has 1 N–H and O–H groups in total. The number of thiazole rings is 1. The molecule has 1 aliphatic heterocycles. The summed E-state index contributed by atoms with van der Waals surface area (Å²) in [6.07, 6.45) is -0.320. The van der Waals surface area contributed by atoms with Crippen LogP contribution >= 0.6 is 11.3 Å². The second-order valence-electron chi connectivity index (χ2n) is 5.98. The highest BCUT2D eigenvalue weighted by Gasteiger charge is 2.24. The molecule has 0 spiro atoms. The number of nitrogens with one attached hydrogen (secondary N) is 1. The van der Waals surface area contributed by atoms with Crippen molar-refractivity contribution in [1.82, 2.24) is 14.8 Å². The predicted molar refractivity (Wildman–Crippen MR) is 101 cm³/mol. The molecular formula is C18H22N4O3S. The summed E-state index contributed by atoms with van der Waals surface area (Å²) in [5, 5.41) is 5.86. The maximum absolute atomic E-state index is 12.5. The van der Waals surface area contributed by atoms with Crippen LogP contribution in [-0.4, -0.2) is 59.7 Å². The van der Waals surface area contributed by atoms with Gasteiger partial charge in [-0.2, -0.15) is 0 Å². The number of carbonyl (C=O) groups excluding carboxylic acids is 2. The summed E-state index contributed by atoms with van der Waals surface area (Å²) < 4.78 is 4.99. The van der Waals surface area contributed by atoms with Crippen molar-refractivity contribution in [2.75, 3.05) is 38.1 Å². The molecule has 7 nitrogen and oxygen atoms in total. The lowest BCUT2D eigenvalue weighted by molar-refractivity contribution is 0.0868. The number of hydrogen-bond acceptors (Lipinski definition) is 5. The zero-order valence-electron chi connectivity index (χ0n) is 14.9. The lowest BCUT2D eigenvalue weighted by atomic mass is 10.2. The Bertz CT molecular complexity index is 784. The number of rotatable bonds is 3. The van der Waals surface area contributed by atoms with Crippen molar-refractivity contribution in [3.05, 3.63) is 35.3 Å². The Morgan fingerprint density at radius 3 is 2.62 bits per heavy atom. The molecule has 138 valence electrons. The van der Waals surface area contributed by atoms with Crippen molar-refractivity contribution < 1.29 is 14.3 Å². The van der Waals surface area contributed by atoms with E-state index in [2.05, 4.69) is 10.3 Å². The molecule has 8 heteroatoms. The number of aryl methyl sites for hydroxylation is 1. The van der Waals surface area contributed by atoms with E-state index in [-0.39, 0.29) is 12.1 Å². The lowest BCUT2D eigenvalue weighted by Crippen LogP contribution is -2.51. The van der Waals surface area contributed by atoms with Gasteiger partial charge in [0.15, 0.2) is 0 Å². The number of anilines is 1. The van der Waals surface area contributed by atoms with E-state index >= 15 is 0 Å². The summed E-state index contributed by atoms with van der Waals surface area (Å²) in [7, 11) is 0. The van der Waals surface area contributed by atoms with Gasteiger partial charge in [0.1, 0.15) is 5.01 Å². The van der Waals surface area contributed by atoms with Crippen LogP contribution in [0, 0.1) is 6.92 Å². The standard InChI is InChI=1S/C18H22N4O3S/c1-3-25-18(24)22-9-7-21(8-10-22)17(23)20-15-6-4-5-14(11-15)16-19-13(2)12-26-16/h4-6,11-12H,3,7-10H2,1-2H3,(H,20,23). The van der Waals surface area contributed by atoms with E-state index in [1.165, 1.54) is 0 Å². The number of amides is 3. The third kappa shape index (κ3) is 4.32. The Kier molecular flexibility index (Phi) is 5.72. The van der Waals surface area contributed by atoms with E-state index in [0.717, 1.165) is 22.0 Å². The Hall–Kier alpha value is -2.61. The Morgan fingerprint density at radius 2 is 1.96 bits per heavy atom. The third-order valence-electron chi connectivity index (χ3n) is 4.07. The molecule has 0 atom stereocenters. The van der Waals surface area contributed by atoms with E-state index in [4.69, 9.17) is 4.74 Å². The Balaban J connectivity index is 1.58. The van der Waals surface area contributed by atoms with Gasteiger partial charge in [0.2, 0.25) is 0 Å². The highest BCUT2D eigenvalue weighted by molar-refractivity contribution is 7.13. The summed E-state index contributed by atoms with van der Waals surface area (Å²) >= 11 is 1.58. The van der Waals surface area contributed by atoms with Crippen molar-refractivity contribution in [3.8, 4) is 10.6 Å². The second kappa shape index (κ2) is 8.18. The monoisotopic (exact) mass is 374 g/mol. The summed E-state index contributed by atoms with van der Waals surface area (Å²) in [6.45, 7) is 6.01. The quantitative estimate of drug-likeness (QED) is 0.893. The van der Waals surface area contributed by atoms with Crippen molar-refractivity contribution in [2.45, 2.75) is 13.8 Å². The first kappa shape index (κ1) is 18.2. The number of piperazine rings is 1. The van der Waals surface area contributed by atoms with E-state index in [1.54, 1.807) is 28.1 Å². The molecule has 0 saturated carbocycles. The van der Waals surface area contributed by atoms with Crippen LogP contribution in [0.2, 0.25) is 0 Å². The maximum Gasteiger partial charge on any atom is 0.409 e. The molecule has 2 heterocycles. The first-order chi connectivity index (χ1) is 12.6. The van der Waals surface area contributed by atoms with Crippen LogP contribution in [-0.2, 0) is 4.74 Å². The molecule has 1 saturated heterocycles. The van der Waals surface area contributed by atoms with Crippen LogP contribution in [0.5, 0.6) is 0 Å². The highest BCUT2D eigenvalue weighted by Crippen LogP contribution is 2.26. The topological polar surface area (TPSA) is 74.8 Å². The van der Waals surface area contributed by atoms with Crippen LogP contribution < -0.4 is 5.32 Å². The van der Waals surface area contributed by atoms with E-state index < -0.39 is 0 Å². The second-order valence-corrected chi connectivity index (χ2v) is 6.84. The molecule has 2 aromatic rings. The fraction of sp³-hybridized carbons (Fsp3) is 0.389. The molecule has 0 bridgehead atoms. The number of benzene rings is 1. The number of carbonyl (C=O) groups is 2. The maximum atomic E-state index is 12.5. The van der Waals surface area contributed by atoms with Crippen LogP contribution in [0.15, 0.2) is 29.6 Å². The molecule has 1 aromatic heterocycles. The van der Waals surface area contributed by atoms with Gasteiger partial charge in [-0.3, -0.25) is 0 Å². The van der Waals surface area contributed by atoms with Crippen molar-refractivity contribution in [1.29, 1.82) is 0 Å². The minimum Gasteiger partial charge on any atom is -0.450 e. The van der Waals surface area contributed by atoms with Gasteiger partial charge in [0.25, 0.3) is 0 Å². The van der Waals surface area contributed by atoms with E-state index in [9.17, 15) is 9.59 Å². The van der Waals surface area contributed by atoms with Gasteiger partial charge in [-0.15, -0.1) is 11.3 Å². The van der Waals surface area contributed by atoms with Crippen LogP contribution in [0.1, 0.15) is 12.6 Å². The number of urea groups is 1. The number of hydrogen-bond donors (Lipinski definition) is 1. The number of nitrogens with zero attached hydrogens (tertiary/aromatic N) is 3. The minimum absolute atomic E-state index is 0.166. The molecule has 0 radical (unpaired) electrons. The van der Waals surface area contributed by atoms with Crippen molar-refractivity contribution in [3.63, 3.8) is 0 Å². The summed E-state index contributed by atoms with van der Waals surface area (Å²) in [5.74, 6) is 0.